The predicted molar refractivity (Wildman–Crippen MR) is 71.5 cm³/mol. The predicted octanol–water partition coefficient (Wildman–Crippen LogP) is 2.55. The van der Waals surface area contributed by atoms with E-state index >= 15 is 0 Å². The minimum absolute atomic E-state index is 0.0501. The first-order chi connectivity index (χ1) is 8.97. The van der Waals surface area contributed by atoms with Gasteiger partial charge in [0.1, 0.15) is 0 Å². The lowest BCUT2D eigenvalue weighted by molar-refractivity contribution is -0.385. The zero-order valence-corrected chi connectivity index (χ0v) is 11.6. The van der Waals surface area contributed by atoms with E-state index < -0.39 is 10.9 Å². The van der Waals surface area contributed by atoms with Crippen molar-refractivity contribution in [1.29, 1.82) is 0 Å². The number of benzene rings is 1. The molecule has 0 heterocycles. The Balaban J connectivity index is 2.79. The summed E-state index contributed by atoms with van der Waals surface area (Å²) < 4.78 is 4.72. The van der Waals surface area contributed by atoms with Gasteiger partial charge >= 0.3 is 5.97 Å². The Morgan fingerprint density at radius 1 is 1.47 bits per heavy atom. The lowest BCUT2D eigenvalue weighted by Gasteiger charge is -2.08. The average molecular weight is 307 g/mol. The fourth-order valence-corrected chi connectivity index (χ4v) is 1.83. The van der Waals surface area contributed by atoms with Gasteiger partial charge in [-0.25, -0.2) is 0 Å². The van der Waals surface area contributed by atoms with Crippen LogP contribution in [0.3, 0.4) is 0 Å². The van der Waals surface area contributed by atoms with Gasteiger partial charge in [0.25, 0.3) is 5.69 Å². The molecule has 0 aliphatic carbocycles. The van der Waals surface area contributed by atoms with Gasteiger partial charge in [-0.3, -0.25) is 14.9 Å². The number of hydrogen-bond donors (Lipinski definition) is 1. The largest absolute Gasteiger partial charge is 0.465 e. The zero-order chi connectivity index (χ0) is 14.4. The van der Waals surface area contributed by atoms with Crippen LogP contribution in [-0.2, 0) is 16.1 Å². The van der Waals surface area contributed by atoms with E-state index in [1.165, 1.54) is 12.1 Å². The molecule has 0 amide bonds. The summed E-state index contributed by atoms with van der Waals surface area (Å²) in [5.41, 5.74) is 0.0919. The van der Waals surface area contributed by atoms with Crippen LogP contribution in [0.5, 0.6) is 0 Å². The molecule has 0 aliphatic rings. The zero-order valence-electron chi connectivity index (χ0n) is 10.1. The first-order valence-electron chi connectivity index (χ1n) is 5.45. The Hall–Kier alpha value is -1.37. The molecule has 0 bridgehead atoms. The fourth-order valence-electron chi connectivity index (χ4n) is 1.42. The van der Waals surface area contributed by atoms with Gasteiger partial charge in [-0.05, 0) is 13.0 Å². The molecule has 8 heteroatoms. The third-order valence-corrected chi connectivity index (χ3v) is 3.09. The standard InChI is InChI=1S/C11H12Cl2N2O4/c1-2-19-10(16)6-14-5-7-9(15(17)18)4-3-8(12)11(7)13/h3-4,14H,2,5-6H2,1H3. The number of carbonyl (C=O) groups excluding carboxylic acids is 1. The van der Waals surface area contributed by atoms with Crippen LogP contribution in [0.1, 0.15) is 12.5 Å². The van der Waals surface area contributed by atoms with E-state index in [0.29, 0.717) is 0 Å². The van der Waals surface area contributed by atoms with Crippen LogP contribution in [0.4, 0.5) is 5.69 Å². The number of nitro groups is 1. The SMILES string of the molecule is CCOC(=O)CNCc1c([N+](=O)[O-])ccc(Cl)c1Cl. The van der Waals surface area contributed by atoms with Crippen molar-refractivity contribution in [2.24, 2.45) is 0 Å². The van der Waals surface area contributed by atoms with Gasteiger partial charge in [-0.1, -0.05) is 23.2 Å². The van der Waals surface area contributed by atoms with Gasteiger partial charge in [0.2, 0.25) is 0 Å². The number of rotatable bonds is 6. The van der Waals surface area contributed by atoms with Crippen molar-refractivity contribution in [2.75, 3.05) is 13.2 Å². The van der Waals surface area contributed by atoms with Crippen molar-refractivity contribution < 1.29 is 14.5 Å². The second-order valence-electron chi connectivity index (χ2n) is 3.52. The fraction of sp³-hybridized carbons (Fsp3) is 0.364. The molecule has 0 spiro atoms. The number of halogens is 2. The maximum absolute atomic E-state index is 11.1. The lowest BCUT2D eigenvalue weighted by atomic mass is 10.2. The molecule has 0 saturated heterocycles. The maximum atomic E-state index is 11.1. The molecule has 0 fully saturated rings. The average Bonchev–Trinajstić information content (AvgIpc) is 2.34. The van der Waals surface area contributed by atoms with Crippen molar-refractivity contribution in [2.45, 2.75) is 13.5 Å². The number of ether oxygens (including phenoxy) is 1. The lowest BCUT2D eigenvalue weighted by Crippen LogP contribution is -2.24. The van der Waals surface area contributed by atoms with Crippen LogP contribution in [0, 0.1) is 10.1 Å². The number of nitro benzene ring substituents is 1. The van der Waals surface area contributed by atoms with E-state index in [4.69, 9.17) is 27.9 Å². The minimum atomic E-state index is -0.552. The van der Waals surface area contributed by atoms with Crippen molar-refractivity contribution >= 4 is 34.9 Å². The molecule has 1 aromatic rings. The highest BCUT2D eigenvalue weighted by Crippen LogP contribution is 2.32. The third kappa shape index (κ3) is 4.34. The van der Waals surface area contributed by atoms with E-state index in [9.17, 15) is 14.9 Å². The van der Waals surface area contributed by atoms with Crippen LogP contribution < -0.4 is 5.32 Å². The molecule has 0 saturated carbocycles. The molecule has 1 rings (SSSR count). The second kappa shape index (κ2) is 7.28. The van der Waals surface area contributed by atoms with Crippen LogP contribution in [0.25, 0.3) is 0 Å². The quantitative estimate of drug-likeness (QED) is 0.496. The Morgan fingerprint density at radius 2 is 2.16 bits per heavy atom. The van der Waals surface area contributed by atoms with Gasteiger partial charge in [-0.15, -0.1) is 0 Å². The van der Waals surface area contributed by atoms with E-state index in [1.54, 1.807) is 6.92 Å². The molecular formula is C11H12Cl2N2O4. The van der Waals surface area contributed by atoms with Crippen LogP contribution in [0.15, 0.2) is 12.1 Å². The Labute approximate surface area is 119 Å². The highest BCUT2D eigenvalue weighted by Gasteiger charge is 2.19. The Morgan fingerprint density at radius 3 is 2.74 bits per heavy atom. The summed E-state index contributed by atoms with van der Waals surface area (Å²) in [4.78, 5) is 21.4. The van der Waals surface area contributed by atoms with Crippen molar-refractivity contribution in [3.8, 4) is 0 Å². The summed E-state index contributed by atoms with van der Waals surface area (Å²) in [6.07, 6.45) is 0. The van der Waals surface area contributed by atoms with Crippen LogP contribution >= 0.6 is 23.2 Å². The maximum Gasteiger partial charge on any atom is 0.319 e. The summed E-state index contributed by atoms with van der Waals surface area (Å²) in [6.45, 7) is 1.96. The molecule has 0 aliphatic heterocycles. The highest BCUT2D eigenvalue weighted by molar-refractivity contribution is 6.42. The Bertz CT molecular complexity index is 494. The Kier molecular flexibility index (Phi) is 6.01. The number of esters is 1. The van der Waals surface area contributed by atoms with E-state index in [1.807, 2.05) is 0 Å². The normalized spacial score (nSPS) is 10.3. The number of carbonyl (C=O) groups is 1. The third-order valence-electron chi connectivity index (χ3n) is 2.24. The molecule has 0 atom stereocenters. The smallest absolute Gasteiger partial charge is 0.319 e. The highest BCUT2D eigenvalue weighted by atomic mass is 35.5. The van der Waals surface area contributed by atoms with Gasteiger partial charge in [0, 0.05) is 12.6 Å². The summed E-state index contributed by atoms with van der Waals surface area (Å²) in [5, 5.41) is 13.9. The van der Waals surface area contributed by atoms with Gasteiger partial charge in [0.05, 0.1) is 33.7 Å². The van der Waals surface area contributed by atoms with Gasteiger partial charge in [-0.2, -0.15) is 0 Å². The molecule has 104 valence electrons. The van der Waals surface area contributed by atoms with Crippen LogP contribution in [-0.4, -0.2) is 24.0 Å². The molecule has 1 aromatic carbocycles. The van der Waals surface area contributed by atoms with Gasteiger partial charge in [0.15, 0.2) is 0 Å². The molecule has 0 unspecified atom stereocenters. The molecule has 19 heavy (non-hydrogen) atoms. The van der Waals surface area contributed by atoms with E-state index in [2.05, 4.69) is 5.32 Å². The number of hydrogen-bond acceptors (Lipinski definition) is 5. The van der Waals surface area contributed by atoms with Crippen molar-refractivity contribution in [1.82, 2.24) is 5.32 Å². The molecule has 1 N–H and O–H groups in total. The summed E-state index contributed by atoms with van der Waals surface area (Å²) in [5.74, 6) is -0.441. The van der Waals surface area contributed by atoms with Crippen LogP contribution in [0.2, 0.25) is 10.0 Å². The van der Waals surface area contributed by atoms with E-state index in [0.717, 1.165) is 0 Å². The monoisotopic (exact) mass is 306 g/mol. The second-order valence-corrected chi connectivity index (χ2v) is 4.31. The molecular weight excluding hydrogens is 295 g/mol. The van der Waals surface area contributed by atoms with Crippen molar-refractivity contribution in [3.63, 3.8) is 0 Å². The first kappa shape index (κ1) is 15.7. The first-order valence-corrected chi connectivity index (χ1v) is 6.20. The number of nitrogens with one attached hydrogen (secondary N) is 1. The van der Waals surface area contributed by atoms with E-state index in [-0.39, 0.29) is 41.0 Å². The molecule has 0 aromatic heterocycles. The summed E-state index contributed by atoms with van der Waals surface area (Å²) in [7, 11) is 0. The molecule has 0 radical (unpaired) electrons. The van der Waals surface area contributed by atoms with Gasteiger partial charge < -0.3 is 10.1 Å². The molecule has 6 nitrogen and oxygen atoms in total. The summed E-state index contributed by atoms with van der Waals surface area (Å²) >= 11 is 11.7. The minimum Gasteiger partial charge on any atom is -0.465 e. The number of nitrogens with zero attached hydrogens (tertiary/aromatic N) is 1. The topological polar surface area (TPSA) is 81.5 Å². The summed E-state index contributed by atoms with van der Waals surface area (Å²) in [6, 6.07) is 2.63. The van der Waals surface area contributed by atoms with Crippen molar-refractivity contribution in [3.05, 3.63) is 37.9 Å².